The minimum absolute atomic E-state index is 0.0556. The number of hydrogen-bond donors (Lipinski definition) is 1. The predicted octanol–water partition coefficient (Wildman–Crippen LogP) is 4.32. The van der Waals surface area contributed by atoms with Gasteiger partial charge in [0.15, 0.2) is 0 Å². The van der Waals surface area contributed by atoms with Crippen molar-refractivity contribution < 1.29 is 14.3 Å². The molecule has 5 heterocycles. The molecule has 3 aromatic heterocycles. The fraction of sp³-hybridized carbons (Fsp3) is 0.310. The molecule has 2 aliphatic heterocycles. The molecule has 0 aliphatic carbocycles. The molecule has 0 bridgehead atoms. The molecule has 0 radical (unpaired) electrons. The van der Waals surface area contributed by atoms with Crippen LogP contribution in [-0.2, 0) is 11.8 Å². The quantitative estimate of drug-likeness (QED) is 0.430. The number of rotatable bonds is 5. The zero-order valence-electron chi connectivity index (χ0n) is 21.2. The number of nitriles is 1. The lowest BCUT2D eigenvalue weighted by atomic mass is 9.97. The van der Waals surface area contributed by atoms with Crippen LogP contribution >= 0.6 is 0 Å². The maximum absolute atomic E-state index is 12.8. The van der Waals surface area contributed by atoms with Crippen LogP contribution in [0.1, 0.15) is 40.9 Å². The first-order valence-electron chi connectivity index (χ1n) is 12.8. The van der Waals surface area contributed by atoms with Gasteiger partial charge in [-0.05, 0) is 47.4 Å². The number of H-pyrrole nitrogens is 1. The van der Waals surface area contributed by atoms with Crippen LogP contribution in [0.5, 0.6) is 5.75 Å². The summed E-state index contributed by atoms with van der Waals surface area (Å²) in [5, 5.41) is 15.0. The minimum Gasteiger partial charge on any atom is -0.489 e. The number of fused-ring (bicyclic) bond motifs is 1. The monoisotopic (exact) mass is 508 g/mol. The second kappa shape index (κ2) is 10.1. The molecule has 0 spiro atoms. The lowest BCUT2D eigenvalue weighted by Crippen LogP contribution is -2.35. The van der Waals surface area contributed by atoms with Gasteiger partial charge in [0.2, 0.25) is 0 Å². The minimum atomic E-state index is -0.0556. The highest BCUT2D eigenvalue weighted by Gasteiger charge is 2.22. The summed E-state index contributed by atoms with van der Waals surface area (Å²) in [6, 6.07) is 11.9. The summed E-state index contributed by atoms with van der Waals surface area (Å²) in [4.78, 5) is 22.5. The molecule has 1 aromatic carbocycles. The third-order valence-electron chi connectivity index (χ3n) is 7.20. The largest absolute Gasteiger partial charge is 0.489 e. The van der Waals surface area contributed by atoms with E-state index in [1.54, 1.807) is 24.0 Å². The van der Waals surface area contributed by atoms with Crippen LogP contribution in [-0.4, -0.2) is 63.0 Å². The number of hydrogen-bond acceptors (Lipinski definition) is 6. The average molecular weight is 509 g/mol. The van der Waals surface area contributed by atoms with E-state index in [1.807, 2.05) is 35.5 Å². The maximum atomic E-state index is 12.8. The first kappa shape index (κ1) is 23.9. The van der Waals surface area contributed by atoms with Gasteiger partial charge in [-0.1, -0.05) is 12.1 Å². The third-order valence-corrected chi connectivity index (χ3v) is 7.20. The van der Waals surface area contributed by atoms with Crippen LogP contribution in [0, 0.1) is 11.3 Å². The smallest absolute Gasteiger partial charge is 0.274 e. The Balaban J connectivity index is 1.24. The van der Waals surface area contributed by atoms with Crippen molar-refractivity contribution in [3.8, 4) is 22.9 Å². The molecule has 0 atom stereocenters. The lowest BCUT2D eigenvalue weighted by Gasteiger charge is -2.26. The van der Waals surface area contributed by atoms with Gasteiger partial charge in [-0.25, -0.2) is 4.98 Å². The number of ether oxygens (including phenoxy) is 2. The number of nitrogens with one attached hydrogen (secondary N) is 1. The normalized spacial score (nSPS) is 16.3. The van der Waals surface area contributed by atoms with E-state index in [0.717, 1.165) is 52.6 Å². The zero-order valence-corrected chi connectivity index (χ0v) is 21.2. The van der Waals surface area contributed by atoms with Gasteiger partial charge in [0.1, 0.15) is 29.3 Å². The molecule has 0 saturated carbocycles. The van der Waals surface area contributed by atoms with E-state index >= 15 is 0 Å². The number of pyridine rings is 1. The first-order valence-corrected chi connectivity index (χ1v) is 12.8. The number of carbonyl (C=O) groups excluding carboxylic acids is 1. The Hall–Kier alpha value is -4.42. The molecule has 6 rings (SSSR count). The Morgan fingerprint density at radius 1 is 1.21 bits per heavy atom. The van der Waals surface area contributed by atoms with Gasteiger partial charge in [0, 0.05) is 62.5 Å². The number of carbonyl (C=O) groups is 1. The van der Waals surface area contributed by atoms with Crippen LogP contribution in [0.4, 0.5) is 0 Å². The van der Waals surface area contributed by atoms with E-state index in [2.05, 4.69) is 33.3 Å². The van der Waals surface area contributed by atoms with Crippen LogP contribution in [0.15, 0.2) is 55.0 Å². The topological polar surface area (TPSA) is 109 Å². The van der Waals surface area contributed by atoms with Gasteiger partial charge in [-0.3, -0.25) is 9.48 Å². The lowest BCUT2D eigenvalue weighted by molar-refractivity contribution is 0.0254. The molecular weight excluding hydrogens is 480 g/mol. The number of aromatic nitrogens is 4. The molecule has 1 saturated heterocycles. The van der Waals surface area contributed by atoms with Crippen molar-refractivity contribution in [1.82, 2.24) is 24.6 Å². The molecule has 2 aliphatic rings. The second-order valence-corrected chi connectivity index (χ2v) is 9.68. The standard InChI is InChI=1S/C29H28N6O3/c1-34-9-6-26(33-34)29(36)35-10-4-19(5-11-35)22-15-24-25(18-32-28(24)31-17-22)20-2-3-27(21(14-20)16-30)38-23-7-12-37-13-8-23/h2-4,6,9,14-15,17-18,23H,5,7-8,10-13H2,1H3,(H,31,32). The highest BCUT2D eigenvalue weighted by molar-refractivity contribution is 5.96. The van der Waals surface area contributed by atoms with E-state index in [1.165, 1.54) is 0 Å². The average Bonchev–Trinajstić information content (AvgIpc) is 3.59. The number of nitrogens with zero attached hydrogens (tertiary/aromatic N) is 5. The highest BCUT2D eigenvalue weighted by atomic mass is 16.5. The van der Waals surface area contributed by atoms with Crippen molar-refractivity contribution in [2.45, 2.75) is 25.4 Å². The van der Waals surface area contributed by atoms with Crippen molar-refractivity contribution in [3.63, 3.8) is 0 Å². The fourth-order valence-electron chi connectivity index (χ4n) is 5.09. The molecule has 0 unspecified atom stereocenters. The van der Waals surface area contributed by atoms with Gasteiger partial charge in [0.25, 0.3) is 5.91 Å². The van der Waals surface area contributed by atoms with Crippen molar-refractivity contribution in [3.05, 3.63) is 71.8 Å². The van der Waals surface area contributed by atoms with Gasteiger partial charge in [-0.15, -0.1) is 0 Å². The predicted molar refractivity (Wildman–Crippen MR) is 142 cm³/mol. The van der Waals surface area contributed by atoms with Gasteiger partial charge < -0.3 is 19.4 Å². The first-order chi connectivity index (χ1) is 18.6. The Morgan fingerprint density at radius 3 is 2.82 bits per heavy atom. The number of benzene rings is 1. The summed E-state index contributed by atoms with van der Waals surface area (Å²) >= 11 is 0. The van der Waals surface area contributed by atoms with E-state index in [0.29, 0.717) is 43.3 Å². The summed E-state index contributed by atoms with van der Waals surface area (Å²) in [6.45, 7) is 2.52. The molecule has 38 heavy (non-hydrogen) atoms. The maximum Gasteiger partial charge on any atom is 0.274 e. The number of amides is 1. The second-order valence-electron chi connectivity index (χ2n) is 9.68. The van der Waals surface area contributed by atoms with Crippen molar-refractivity contribution in [2.24, 2.45) is 7.05 Å². The van der Waals surface area contributed by atoms with E-state index < -0.39 is 0 Å². The van der Waals surface area contributed by atoms with Crippen LogP contribution in [0.2, 0.25) is 0 Å². The Bertz CT molecular complexity index is 1570. The van der Waals surface area contributed by atoms with Gasteiger partial charge >= 0.3 is 0 Å². The summed E-state index contributed by atoms with van der Waals surface area (Å²) in [5.74, 6) is 0.555. The third kappa shape index (κ3) is 4.66. The van der Waals surface area contributed by atoms with Crippen molar-refractivity contribution in [2.75, 3.05) is 26.3 Å². The summed E-state index contributed by atoms with van der Waals surface area (Å²) in [6.07, 6.45) is 10.1. The molecule has 1 amide bonds. The fourth-order valence-corrected chi connectivity index (χ4v) is 5.09. The van der Waals surface area contributed by atoms with Gasteiger partial charge in [0.05, 0.1) is 18.8 Å². The highest BCUT2D eigenvalue weighted by Crippen LogP contribution is 2.34. The molecule has 1 fully saturated rings. The van der Waals surface area contributed by atoms with E-state index in [4.69, 9.17) is 9.47 Å². The summed E-state index contributed by atoms with van der Waals surface area (Å²) in [7, 11) is 1.81. The van der Waals surface area contributed by atoms with Crippen LogP contribution in [0.25, 0.3) is 27.7 Å². The van der Waals surface area contributed by atoms with E-state index in [-0.39, 0.29) is 12.0 Å². The zero-order chi connectivity index (χ0) is 26.1. The Morgan fingerprint density at radius 2 is 2.08 bits per heavy atom. The molecule has 4 aromatic rings. The Kier molecular flexibility index (Phi) is 6.40. The molecule has 1 N–H and O–H groups in total. The Labute approximate surface area is 220 Å². The molecule has 9 nitrogen and oxygen atoms in total. The summed E-state index contributed by atoms with van der Waals surface area (Å²) < 4.78 is 13.2. The molecule has 9 heteroatoms. The summed E-state index contributed by atoms with van der Waals surface area (Å²) in [5.41, 5.74) is 5.86. The number of aryl methyl sites for hydroxylation is 1. The van der Waals surface area contributed by atoms with Crippen LogP contribution < -0.4 is 4.74 Å². The number of aromatic amines is 1. The molecule has 192 valence electrons. The van der Waals surface area contributed by atoms with E-state index in [9.17, 15) is 10.1 Å². The molecular formula is C29H28N6O3. The SMILES string of the molecule is Cn1ccc(C(=O)N2CC=C(c3cnc4[nH]cc(-c5ccc(OC6CCOCC6)c(C#N)c5)c4c3)CC2)n1. The van der Waals surface area contributed by atoms with Gasteiger partial charge in [-0.2, -0.15) is 10.4 Å². The van der Waals surface area contributed by atoms with Crippen molar-refractivity contribution >= 4 is 22.5 Å². The van der Waals surface area contributed by atoms with Crippen LogP contribution in [0.3, 0.4) is 0 Å². The van der Waals surface area contributed by atoms with Crippen molar-refractivity contribution in [1.29, 1.82) is 5.26 Å².